The van der Waals surface area contributed by atoms with E-state index in [1.54, 1.807) is 13.8 Å². The third kappa shape index (κ3) is 4.22. The minimum absolute atomic E-state index is 0.0658. The fraction of sp³-hybridized carbons (Fsp3) is 0.364. The second kappa shape index (κ2) is 6.64. The molecule has 0 aliphatic carbocycles. The molecule has 0 aromatic heterocycles. The van der Waals surface area contributed by atoms with Gasteiger partial charge in [-0.05, 0) is 38.1 Å². The first kappa shape index (κ1) is 14.8. The average Bonchev–Trinajstić information content (AvgIpc) is 2.30. The summed E-state index contributed by atoms with van der Waals surface area (Å²) in [5, 5.41) is 0. The molecule has 0 amide bonds. The molecular formula is C11H14FO5P. The van der Waals surface area contributed by atoms with Crippen molar-refractivity contribution in [3.63, 3.8) is 0 Å². The summed E-state index contributed by atoms with van der Waals surface area (Å²) in [5.74, 6) is -1.37. The van der Waals surface area contributed by atoms with Crippen LogP contribution in [0.5, 0.6) is 0 Å². The molecule has 1 aromatic carbocycles. The first-order valence-corrected chi connectivity index (χ1v) is 6.85. The van der Waals surface area contributed by atoms with Crippen LogP contribution in [0.1, 0.15) is 24.2 Å². The van der Waals surface area contributed by atoms with Gasteiger partial charge >= 0.3 is 13.8 Å². The maximum absolute atomic E-state index is 12.7. The quantitative estimate of drug-likeness (QED) is 0.747. The highest BCUT2D eigenvalue weighted by Gasteiger charge is 2.30. The number of rotatable bonds is 6. The van der Waals surface area contributed by atoms with E-state index in [9.17, 15) is 13.8 Å². The monoisotopic (exact) mass is 276 g/mol. The van der Waals surface area contributed by atoms with Crippen molar-refractivity contribution in [3.8, 4) is 0 Å². The van der Waals surface area contributed by atoms with Gasteiger partial charge in [-0.1, -0.05) is 0 Å². The van der Waals surface area contributed by atoms with Gasteiger partial charge in [-0.2, -0.15) is 0 Å². The van der Waals surface area contributed by atoms with Crippen molar-refractivity contribution in [2.24, 2.45) is 0 Å². The van der Waals surface area contributed by atoms with Gasteiger partial charge in [0.05, 0.1) is 18.8 Å². The number of halogens is 1. The highest BCUT2D eigenvalue weighted by molar-refractivity contribution is 7.49. The maximum atomic E-state index is 12.7. The standard InChI is InChI=1S/C11H14FO5P/c1-3-15-18(14,16-4-2)17-11(13)9-5-7-10(12)8-6-9/h5-8H,3-4H2,1-2H3. The average molecular weight is 276 g/mol. The SMILES string of the molecule is CCOP(=O)(OCC)OC(=O)c1ccc(F)cc1. The summed E-state index contributed by atoms with van der Waals surface area (Å²) in [6.07, 6.45) is 0. The fourth-order valence-corrected chi connectivity index (χ4v) is 2.27. The largest absolute Gasteiger partial charge is 0.532 e. The molecule has 0 aliphatic heterocycles. The second-order valence-electron chi connectivity index (χ2n) is 3.17. The summed E-state index contributed by atoms with van der Waals surface area (Å²) in [4.78, 5) is 11.6. The lowest BCUT2D eigenvalue weighted by Crippen LogP contribution is -2.07. The van der Waals surface area contributed by atoms with Crippen molar-refractivity contribution < 1.29 is 27.3 Å². The van der Waals surface area contributed by atoms with Crippen LogP contribution in [-0.2, 0) is 18.1 Å². The van der Waals surface area contributed by atoms with Crippen LogP contribution in [0.4, 0.5) is 4.39 Å². The Morgan fingerprint density at radius 3 is 2.11 bits per heavy atom. The lowest BCUT2D eigenvalue weighted by Gasteiger charge is -2.15. The first-order chi connectivity index (χ1) is 8.50. The lowest BCUT2D eigenvalue weighted by molar-refractivity contribution is 0.0605. The van der Waals surface area contributed by atoms with E-state index < -0.39 is 19.6 Å². The van der Waals surface area contributed by atoms with Crippen molar-refractivity contribution in [2.75, 3.05) is 13.2 Å². The highest BCUT2D eigenvalue weighted by atomic mass is 31.2. The van der Waals surface area contributed by atoms with E-state index in [2.05, 4.69) is 0 Å². The molecule has 100 valence electrons. The molecule has 0 spiro atoms. The molecule has 7 heteroatoms. The van der Waals surface area contributed by atoms with Crippen LogP contribution in [0.25, 0.3) is 0 Å². The van der Waals surface area contributed by atoms with Crippen molar-refractivity contribution in [1.82, 2.24) is 0 Å². The van der Waals surface area contributed by atoms with Crippen LogP contribution in [-0.4, -0.2) is 19.2 Å². The Morgan fingerprint density at radius 2 is 1.67 bits per heavy atom. The maximum Gasteiger partial charge on any atom is 0.532 e. The Labute approximate surface area is 104 Å². The van der Waals surface area contributed by atoms with E-state index in [-0.39, 0.29) is 18.8 Å². The Kier molecular flexibility index (Phi) is 5.47. The zero-order chi connectivity index (χ0) is 13.6. The van der Waals surface area contributed by atoms with Gasteiger partial charge in [-0.15, -0.1) is 0 Å². The Balaban J connectivity index is 2.78. The van der Waals surface area contributed by atoms with Crippen LogP contribution in [0, 0.1) is 5.82 Å². The number of carbonyl (C=O) groups is 1. The fourth-order valence-electron chi connectivity index (χ4n) is 1.15. The number of phosphoric acid groups is 1. The van der Waals surface area contributed by atoms with E-state index in [0.29, 0.717) is 0 Å². The van der Waals surface area contributed by atoms with Gasteiger partial charge in [0.1, 0.15) is 5.82 Å². The van der Waals surface area contributed by atoms with Gasteiger partial charge in [0.2, 0.25) is 0 Å². The first-order valence-electron chi connectivity index (χ1n) is 5.39. The Hall–Kier alpha value is -1.23. The van der Waals surface area contributed by atoms with Crippen LogP contribution in [0.2, 0.25) is 0 Å². The van der Waals surface area contributed by atoms with Gasteiger partial charge in [0, 0.05) is 0 Å². The third-order valence-electron chi connectivity index (χ3n) is 1.85. The lowest BCUT2D eigenvalue weighted by atomic mass is 10.2. The van der Waals surface area contributed by atoms with E-state index in [1.807, 2.05) is 0 Å². The minimum atomic E-state index is -3.90. The summed E-state index contributed by atoms with van der Waals surface area (Å²) in [7, 11) is -3.90. The van der Waals surface area contributed by atoms with Crippen LogP contribution in [0.3, 0.4) is 0 Å². The van der Waals surface area contributed by atoms with E-state index >= 15 is 0 Å². The van der Waals surface area contributed by atoms with Gasteiger partial charge in [0.25, 0.3) is 0 Å². The second-order valence-corrected chi connectivity index (χ2v) is 4.76. The molecule has 0 saturated carbocycles. The third-order valence-corrected chi connectivity index (χ3v) is 3.39. The molecule has 0 saturated heterocycles. The predicted molar refractivity (Wildman–Crippen MR) is 62.7 cm³/mol. The predicted octanol–water partition coefficient (Wildman–Crippen LogP) is 3.16. The number of hydrogen-bond donors (Lipinski definition) is 0. The summed E-state index contributed by atoms with van der Waals surface area (Å²) < 4.78 is 38.9. The van der Waals surface area contributed by atoms with E-state index in [1.165, 1.54) is 12.1 Å². The molecule has 0 N–H and O–H groups in total. The van der Waals surface area contributed by atoms with Crippen LogP contribution < -0.4 is 0 Å². The molecule has 0 bridgehead atoms. The molecule has 18 heavy (non-hydrogen) atoms. The van der Waals surface area contributed by atoms with Gasteiger partial charge < -0.3 is 4.52 Å². The summed E-state index contributed by atoms with van der Waals surface area (Å²) in [5.41, 5.74) is 0.0658. The molecule has 0 atom stereocenters. The summed E-state index contributed by atoms with van der Waals surface area (Å²) in [6, 6.07) is 4.64. The smallest absolute Gasteiger partial charge is 0.367 e. The molecule has 0 radical (unpaired) electrons. The number of carbonyl (C=O) groups excluding carboxylic acids is 1. The molecule has 5 nitrogen and oxygen atoms in total. The molecule has 1 aromatic rings. The molecular weight excluding hydrogens is 262 g/mol. The van der Waals surface area contributed by atoms with Crippen molar-refractivity contribution in [1.29, 1.82) is 0 Å². The van der Waals surface area contributed by atoms with Crippen molar-refractivity contribution >= 4 is 13.8 Å². The van der Waals surface area contributed by atoms with E-state index in [0.717, 1.165) is 12.1 Å². The Morgan fingerprint density at radius 1 is 1.17 bits per heavy atom. The number of benzene rings is 1. The molecule has 0 aliphatic rings. The molecule has 1 rings (SSSR count). The van der Waals surface area contributed by atoms with E-state index in [4.69, 9.17) is 13.6 Å². The van der Waals surface area contributed by atoms with Crippen molar-refractivity contribution in [3.05, 3.63) is 35.6 Å². The number of hydrogen-bond acceptors (Lipinski definition) is 5. The highest BCUT2D eigenvalue weighted by Crippen LogP contribution is 2.49. The van der Waals surface area contributed by atoms with Crippen LogP contribution in [0.15, 0.2) is 24.3 Å². The Bertz CT molecular complexity index is 435. The van der Waals surface area contributed by atoms with Gasteiger partial charge in [-0.25, -0.2) is 13.8 Å². The molecule has 0 unspecified atom stereocenters. The number of phosphoric ester groups is 1. The zero-order valence-electron chi connectivity index (χ0n) is 10.1. The normalized spacial score (nSPS) is 11.3. The summed E-state index contributed by atoms with van der Waals surface area (Å²) >= 11 is 0. The van der Waals surface area contributed by atoms with Gasteiger partial charge in [-0.3, -0.25) is 9.05 Å². The summed E-state index contributed by atoms with van der Waals surface area (Å²) in [6.45, 7) is 3.34. The molecule has 0 fully saturated rings. The van der Waals surface area contributed by atoms with Crippen molar-refractivity contribution in [2.45, 2.75) is 13.8 Å². The topological polar surface area (TPSA) is 61.8 Å². The minimum Gasteiger partial charge on any atom is -0.367 e. The van der Waals surface area contributed by atoms with Gasteiger partial charge in [0.15, 0.2) is 0 Å². The zero-order valence-corrected chi connectivity index (χ0v) is 11.0. The molecule has 0 heterocycles. The van der Waals surface area contributed by atoms with Crippen LogP contribution >= 0.6 is 7.82 Å².